The van der Waals surface area contributed by atoms with Crippen LogP contribution >= 0.6 is 0 Å². The van der Waals surface area contributed by atoms with E-state index in [1.54, 1.807) is 7.11 Å². The molecule has 124 valence electrons. The molecule has 0 spiro atoms. The smallest absolute Gasteiger partial charge is 0.248 e. The highest BCUT2D eigenvalue weighted by Crippen LogP contribution is 2.33. The van der Waals surface area contributed by atoms with Crippen LogP contribution in [-0.2, 0) is 0 Å². The van der Waals surface area contributed by atoms with Gasteiger partial charge in [0.1, 0.15) is 5.75 Å². The number of ether oxygens (including phenoxy) is 1. The maximum atomic E-state index is 12.0. The number of aliphatic hydroxyl groups is 1. The minimum absolute atomic E-state index is 0.0474. The normalized spacial score (nSPS) is 17.4. The van der Waals surface area contributed by atoms with E-state index >= 15 is 0 Å². The van der Waals surface area contributed by atoms with Gasteiger partial charge in [-0.1, -0.05) is 13.8 Å². The summed E-state index contributed by atoms with van der Waals surface area (Å²) >= 11 is 0. The Balaban J connectivity index is 2.07. The summed E-state index contributed by atoms with van der Waals surface area (Å²) in [7, 11) is 1.61. The van der Waals surface area contributed by atoms with E-state index in [2.05, 4.69) is 23.7 Å². The Bertz CT molecular complexity index is 750. The van der Waals surface area contributed by atoms with Crippen LogP contribution in [0.3, 0.4) is 0 Å². The molecule has 2 heterocycles. The molecule has 1 aromatic carbocycles. The highest BCUT2D eigenvalue weighted by Gasteiger charge is 2.34. The maximum Gasteiger partial charge on any atom is 0.248 e. The lowest BCUT2D eigenvalue weighted by molar-refractivity contribution is 0.0889. The summed E-state index contributed by atoms with van der Waals surface area (Å²) in [4.78, 5) is 17.1. The van der Waals surface area contributed by atoms with E-state index in [4.69, 9.17) is 4.74 Å². The Morgan fingerprint density at radius 3 is 2.65 bits per heavy atom. The second kappa shape index (κ2) is 6.34. The first-order chi connectivity index (χ1) is 11.0. The highest BCUT2D eigenvalue weighted by atomic mass is 16.5. The van der Waals surface area contributed by atoms with Crippen molar-refractivity contribution in [1.29, 1.82) is 0 Å². The van der Waals surface area contributed by atoms with Crippen molar-refractivity contribution in [3.63, 3.8) is 0 Å². The molecule has 2 N–H and O–H groups in total. The van der Waals surface area contributed by atoms with E-state index in [9.17, 15) is 9.90 Å². The van der Waals surface area contributed by atoms with Crippen molar-refractivity contribution in [3.8, 4) is 5.75 Å². The van der Waals surface area contributed by atoms with E-state index in [0.29, 0.717) is 17.2 Å². The van der Waals surface area contributed by atoms with E-state index in [0.717, 1.165) is 30.4 Å². The number of aromatic nitrogens is 1. The molecule has 0 aliphatic carbocycles. The Morgan fingerprint density at radius 1 is 1.30 bits per heavy atom. The summed E-state index contributed by atoms with van der Waals surface area (Å²) in [5.41, 5.74) is 1.22. The van der Waals surface area contributed by atoms with Crippen LogP contribution in [0.15, 0.2) is 29.1 Å². The summed E-state index contributed by atoms with van der Waals surface area (Å²) in [6, 6.07) is 7.07. The van der Waals surface area contributed by atoms with Gasteiger partial charge in [-0.3, -0.25) is 9.69 Å². The molecule has 5 heteroatoms. The van der Waals surface area contributed by atoms with Crippen molar-refractivity contribution < 1.29 is 9.84 Å². The predicted molar refractivity (Wildman–Crippen MR) is 90.9 cm³/mol. The molecule has 0 amide bonds. The number of pyridine rings is 1. The first-order valence-electron chi connectivity index (χ1n) is 8.12. The molecule has 0 radical (unpaired) electrons. The minimum atomic E-state index is -0.684. The van der Waals surface area contributed by atoms with Gasteiger partial charge in [-0.2, -0.15) is 0 Å². The Hall–Kier alpha value is -1.85. The Kier molecular flexibility index (Phi) is 4.41. The second-order valence-corrected chi connectivity index (χ2v) is 6.68. The largest absolute Gasteiger partial charge is 0.497 e. The molecule has 5 nitrogen and oxygen atoms in total. The topological polar surface area (TPSA) is 65.3 Å². The zero-order valence-corrected chi connectivity index (χ0v) is 13.9. The lowest BCUT2D eigenvalue weighted by Gasteiger charge is -2.27. The number of methoxy groups -OCH3 is 1. The fraction of sp³-hybridized carbons (Fsp3) is 0.500. The molecule has 1 aromatic heterocycles. The van der Waals surface area contributed by atoms with Gasteiger partial charge < -0.3 is 14.8 Å². The van der Waals surface area contributed by atoms with Gasteiger partial charge in [0, 0.05) is 36.1 Å². The average Bonchev–Trinajstić information content (AvgIpc) is 3.35. The molecule has 3 rings (SSSR count). The van der Waals surface area contributed by atoms with Crippen LogP contribution in [0.25, 0.3) is 10.9 Å². The van der Waals surface area contributed by atoms with E-state index in [-0.39, 0.29) is 11.6 Å². The number of aliphatic hydroxyl groups excluding tert-OH is 1. The number of fused-ring (bicyclic) bond motifs is 1. The van der Waals surface area contributed by atoms with E-state index in [1.165, 1.54) is 6.07 Å². The molecule has 23 heavy (non-hydrogen) atoms. The van der Waals surface area contributed by atoms with Crippen LogP contribution in [0.4, 0.5) is 0 Å². The van der Waals surface area contributed by atoms with Gasteiger partial charge >= 0.3 is 0 Å². The maximum absolute atomic E-state index is 12.0. The Labute approximate surface area is 135 Å². The van der Waals surface area contributed by atoms with Gasteiger partial charge in [0.05, 0.1) is 13.2 Å². The molecule has 1 fully saturated rings. The molecule has 1 saturated heterocycles. The summed E-state index contributed by atoms with van der Waals surface area (Å²) in [5.74, 6) is 1.20. The van der Waals surface area contributed by atoms with Crippen LogP contribution in [0.2, 0.25) is 0 Å². The zero-order chi connectivity index (χ0) is 16.6. The third-order valence-electron chi connectivity index (χ3n) is 4.43. The number of nitrogens with zero attached hydrogens (tertiary/aromatic N) is 1. The zero-order valence-electron chi connectivity index (χ0n) is 13.9. The van der Waals surface area contributed by atoms with Gasteiger partial charge in [0.15, 0.2) is 0 Å². The molecule has 2 unspecified atom stereocenters. The first kappa shape index (κ1) is 16.0. The second-order valence-electron chi connectivity index (χ2n) is 6.68. The summed E-state index contributed by atoms with van der Waals surface area (Å²) in [5, 5.41) is 11.8. The predicted octanol–water partition coefficient (Wildman–Crippen LogP) is 2.30. The SMILES string of the molecule is COc1ccc2[nH]c(=O)cc(C(O)C(CC(C)C)N3CC3)c2c1. The molecule has 2 aromatic rings. The van der Waals surface area contributed by atoms with Crippen LogP contribution < -0.4 is 10.3 Å². The van der Waals surface area contributed by atoms with Gasteiger partial charge in [0.2, 0.25) is 5.56 Å². The lowest BCUT2D eigenvalue weighted by Crippen LogP contribution is -2.29. The number of aromatic amines is 1. The van der Waals surface area contributed by atoms with E-state index in [1.807, 2.05) is 18.2 Å². The lowest BCUT2D eigenvalue weighted by atomic mass is 9.92. The number of nitrogens with one attached hydrogen (secondary N) is 1. The van der Waals surface area contributed by atoms with Crippen LogP contribution in [0.5, 0.6) is 5.75 Å². The molecule has 1 aliphatic heterocycles. The van der Waals surface area contributed by atoms with Gasteiger partial charge in [0.25, 0.3) is 0 Å². The monoisotopic (exact) mass is 316 g/mol. The summed E-state index contributed by atoms with van der Waals surface area (Å²) < 4.78 is 5.29. The Morgan fingerprint density at radius 2 is 2.04 bits per heavy atom. The van der Waals surface area contributed by atoms with Crippen LogP contribution in [0.1, 0.15) is 31.9 Å². The van der Waals surface area contributed by atoms with Crippen molar-refractivity contribution in [3.05, 3.63) is 40.2 Å². The van der Waals surface area contributed by atoms with E-state index < -0.39 is 6.10 Å². The number of H-pyrrole nitrogens is 1. The van der Waals surface area contributed by atoms with Crippen LogP contribution in [0, 0.1) is 5.92 Å². The molecule has 0 saturated carbocycles. The van der Waals surface area contributed by atoms with Crippen molar-refractivity contribution in [1.82, 2.24) is 9.88 Å². The summed E-state index contributed by atoms with van der Waals surface area (Å²) in [6.45, 7) is 6.34. The molecule has 2 atom stereocenters. The third kappa shape index (κ3) is 3.41. The summed E-state index contributed by atoms with van der Waals surface area (Å²) in [6.07, 6.45) is 0.219. The number of hydrogen-bond donors (Lipinski definition) is 2. The van der Waals surface area contributed by atoms with Crippen molar-refractivity contribution in [2.24, 2.45) is 5.92 Å². The number of rotatable bonds is 6. The highest BCUT2D eigenvalue weighted by molar-refractivity contribution is 5.83. The third-order valence-corrected chi connectivity index (χ3v) is 4.43. The number of hydrogen-bond acceptors (Lipinski definition) is 4. The molecule has 1 aliphatic rings. The fourth-order valence-corrected chi connectivity index (χ4v) is 3.19. The van der Waals surface area contributed by atoms with Gasteiger partial charge in [-0.15, -0.1) is 0 Å². The standard InChI is InChI=1S/C18H24N2O3/c1-11(2)8-16(20-6-7-20)18(22)14-10-17(21)19-15-5-4-12(23-3)9-13(14)15/h4-5,9-11,16,18,22H,6-8H2,1-3H3,(H,19,21). The van der Waals surface area contributed by atoms with Crippen molar-refractivity contribution in [2.75, 3.05) is 20.2 Å². The molecular formula is C18H24N2O3. The van der Waals surface area contributed by atoms with Crippen molar-refractivity contribution in [2.45, 2.75) is 32.4 Å². The van der Waals surface area contributed by atoms with Gasteiger partial charge in [-0.25, -0.2) is 0 Å². The first-order valence-corrected chi connectivity index (χ1v) is 8.12. The average molecular weight is 316 g/mol. The quantitative estimate of drug-likeness (QED) is 0.803. The fourth-order valence-electron chi connectivity index (χ4n) is 3.19. The van der Waals surface area contributed by atoms with Gasteiger partial charge in [-0.05, 0) is 36.1 Å². The minimum Gasteiger partial charge on any atom is -0.497 e. The molecular weight excluding hydrogens is 292 g/mol. The number of benzene rings is 1. The van der Waals surface area contributed by atoms with Crippen molar-refractivity contribution >= 4 is 10.9 Å². The molecule has 0 bridgehead atoms. The van der Waals surface area contributed by atoms with Crippen LogP contribution in [-0.4, -0.2) is 41.2 Å².